The van der Waals surface area contributed by atoms with Crippen LogP contribution in [0.5, 0.6) is 5.75 Å². The first kappa shape index (κ1) is 31.2. The van der Waals surface area contributed by atoms with Crippen LogP contribution in [0.4, 0.5) is 5.69 Å². The van der Waals surface area contributed by atoms with E-state index in [9.17, 15) is 0 Å². The van der Waals surface area contributed by atoms with Gasteiger partial charge in [0.15, 0.2) is 0 Å². The highest BCUT2D eigenvalue weighted by molar-refractivity contribution is 5.61. The van der Waals surface area contributed by atoms with Crippen molar-refractivity contribution in [2.45, 2.75) is 63.4 Å². The Hall–Kier alpha value is -2.20. The average molecular weight is 583 g/mol. The molecule has 0 bridgehead atoms. The highest BCUT2D eigenvalue weighted by Crippen LogP contribution is 2.40. The monoisotopic (exact) mass is 582 g/mol. The third-order valence-electron chi connectivity index (χ3n) is 8.93. The number of fused-ring (bicyclic) bond motifs is 1. The van der Waals surface area contributed by atoms with Crippen LogP contribution in [0.1, 0.15) is 55.2 Å². The van der Waals surface area contributed by atoms with Gasteiger partial charge in [-0.05, 0) is 67.0 Å². The van der Waals surface area contributed by atoms with Crippen molar-refractivity contribution in [3.63, 3.8) is 0 Å². The molecule has 0 aromatic heterocycles. The van der Waals surface area contributed by atoms with Gasteiger partial charge in [-0.25, -0.2) is 0 Å². The first-order chi connectivity index (χ1) is 20.7. The Balaban J connectivity index is 1.31. The molecule has 2 fully saturated rings. The molecule has 2 aromatic rings. The zero-order valence-electron chi connectivity index (χ0n) is 25.6. The van der Waals surface area contributed by atoms with Gasteiger partial charge in [-0.2, -0.15) is 0 Å². The van der Waals surface area contributed by atoms with Crippen LogP contribution in [0.3, 0.4) is 0 Å². The first-order valence-electron chi connectivity index (χ1n) is 15.8. The van der Waals surface area contributed by atoms with E-state index >= 15 is 0 Å². The molecular weight excluding hydrogens is 532 g/mol. The van der Waals surface area contributed by atoms with Crippen LogP contribution >= 0.6 is 0 Å². The second-order valence-corrected chi connectivity index (χ2v) is 11.8. The van der Waals surface area contributed by atoms with Gasteiger partial charge >= 0.3 is 0 Å². The lowest BCUT2D eigenvalue weighted by atomic mass is 9.81. The summed E-state index contributed by atoms with van der Waals surface area (Å²) in [4.78, 5) is 2.40. The lowest BCUT2D eigenvalue weighted by Gasteiger charge is -2.45. The lowest BCUT2D eigenvalue weighted by molar-refractivity contribution is -0.176. The van der Waals surface area contributed by atoms with Crippen molar-refractivity contribution >= 4 is 5.69 Å². The summed E-state index contributed by atoms with van der Waals surface area (Å²) in [5.74, 6) is 1.58. The summed E-state index contributed by atoms with van der Waals surface area (Å²) in [5, 5.41) is 3.58. The second kappa shape index (κ2) is 16.0. The predicted octanol–water partition coefficient (Wildman–Crippen LogP) is 5.07. The number of benzene rings is 2. The highest BCUT2D eigenvalue weighted by Gasteiger charge is 2.45. The summed E-state index contributed by atoms with van der Waals surface area (Å²) in [6.45, 7) is 8.04. The van der Waals surface area contributed by atoms with E-state index in [1.807, 2.05) is 0 Å². The zero-order valence-corrected chi connectivity index (χ0v) is 25.6. The van der Waals surface area contributed by atoms with Crippen molar-refractivity contribution in [1.29, 1.82) is 0 Å². The highest BCUT2D eigenvalue weighted by atomic mass is 16.6. The summed E-state index contributed by atoms with van der Waals surface area (Å²) in [6, 6.07) is 15.2. The lowest BCUT2D eigenvalue weighted by Crippen LogP contribution is -2.55. The molecule has 0 radical (unpaired) electrons. The molecule has 42 heavy (non-hydrogen) atoms. The van der Waals surface area contributed by atoms with Crippen LogP contribution in [-0.2, 0) is 42.5 Å². The summed E-state index contributed by atoms with van der Waals surface area (Å²) in [5.41, 5.74) is 4.14. The van der Waals surface area contributed by atoms with Gasteiger partial charge < -0.3 is 38.6 Å². The maximum Gasteiger partial charge on any atom is 0.142 e. The van der Waals surface area contributed by atoms with E-state index in [2.05, 4.69) is 52.7 Å². The molecule has 5 rings (SSSR count). The van der Waals surface area contributed by atoms with Crippen molar-refractivity contribution < 1.29 is 28.4 Å². The number of nitrogens with zero attached hydrogens (tertiary/aromatic N) is 1. The molecule has 2 aliphatic heterocycles. The van der Waals surface area contributed by atoms with Gasteiger partial charge in [0, 0.05) is 33.9 Å². The van der Waals surface area contributed by atoms with E-state index in [0.717, 1.165) is 74.8 Å². The Bertz CT molecular complexity index is 1080. The molecule has 8 heteroatoms. The van der Waals surface area contributed by atoms with E-state index in [0.29, 0.717) is 39.0 Å². The standard InChI is InChI=1S/C34H50N2O6/c1-37-18-5-16-36-17-19-40-32-13-10-29(22-31(32)36)25-41-33-23-35-15-14-34(33,42-26-27-6-3-4-7-27)30-11-8-28(9-12-30)24-39-21-20-38-2/h8-13,22,27,33,35H,3-7,14-21,23-26H2,1-2H3/t33-,34-/m0/s1. The van der Waals surface area contributed by atoms with Crippen molar-refractivity contribution in [3.05, 3.63) is 59.2 Å². The number of hydrogen-bond acceptors (Lipinski definition) is 8. The largest absolute Gasteiger partial charge is 0.490 e. The number of nitrogens with one attached hydrogen (secondary N) is 1. The number of ether oxygens (including phenoxy) is 6. The second-order valence-electron chi connectivity index (χ2n) is 11.8. The van der Waals surface area contributed by atoms with Crippen LogP contribution in [0.2, 0.25) is 0 Å². The van der Waals surface area contributed by atoms with E-state index in [1.54, 1.807) is 14.2 Å². The quantitative estimate of drug-likeness (QED) is 0.275. The van der Waals surface area contributed by atoms with Crippen LogP contribution in [0, 0.1) is 5.92 Å². The minimum atomic E-state index is -0.493. The van der Waals surface area contributed by atoms with Crippen LogP contribution in [0.25, 0.3) is 0 Å². The number of methoxy groups -OCH3 is 2. The van der Waals surface area contributed by atoms with Gasteiger partial charge in [0.2, 0.25) is 0 Å². The Kier molecular flexibility index (Phi) is 11.9. The zero-order chi connectivity index (χ0) is 29.0. The average Bonchev–Trinajstić information content (AvgIpc) is 3.56. The molecule has 232 valence electrons. The fourth-order valence-corrected chi connectivity index (χ4v) is 6.50. The van der Waals surface area contributed by atoms with Crippen molar-refractivity contribution in [2.75, 3.05) is 78.3 Å². The predicted molar refractivity (Wildman–Crippen MR) is 164 cm³/mol. The SMILES string of the molecule is COCCCN1CCOc2ccc(CO[C@H]3CNCC[C@]3(OCC3CCCC3)c3ccc(COCCOC)cc3)cc21. The summed E-state index contributed by atoms with van der Waals surface area (Å²) < 4.78 is 35.9. The minimum Gasteiger partial charge on any atom is -0.490 e. The van der Waals surface area contributed by atoms with Crippen LogP contribution in [-0.4, -0.2) is 79.5 Å². The number of rotatable bonds is 16. The van der Waals surface area contributed by atoms with Gasteiger partial charge in [-0.1, -0.05) is 43.2 Å². The molecule has 1 saturated carbocycles. The van der Waals surface area contributed by atoms with E-state index in [-0.39, 0.29) is 6.10 Å². The number of piperidine rings is 1. The van der Waals surface area contributed by atoms with Crippen molar-refractivity contribution in [3.8, 4) is 5.75 Å². The van der Waals surface area contributed by atoms with Gasteiger partial charge in [0.1, 0.15) is 24.1 Å². The van der Waals surface area contributed by atoms with Crippen LogP contribution < -0.4 is 15.0 Å². The molecule has 0 unspecified atom stereocenters. The third-order valence-corrected chi connectivity index (χ3v) is 8.93. The topological polar surface area (TPSA) is 70.7 Å². The molecular formula is C34H50N2O6. The summed E-state index contributed by atoms with van der Waals surface area (Å²) in [6.07, 6.45) is 6.89. The molecule has 1 N–H and O–H groups in total. The molecule has 2 aromatic carbocycles. The molecule has 1 aliphatic carbocycles. The molecule has 0 spiro atoms. The first-order valence-corrected chi connectivity index (χ1v) is 15.8. The summed E-state index contributed by atoms with van der Waals surface area (Å²) >= 11 is 0. The van der Waals surface area contributed by atoms with Gasteiger partial charge in [-0.3, -0.25) is 0 Å². The maximum atomic E-state index is 7.00. The Morgan fingerprint density at radius 2 is 1.76 bits per heavy atom. The Morgan fingerprint density at radius 3 is 2.57 bits per heavy atom. The van der Waals surface area contributed by atoms with E-state index < -0.39 is 5.60 Å². The molecule has 3 aliphatic rings. The normalized spacial score (nSPS) is 22.7. The minimum absolute atomic E-state index is 0.110. The number of anilines is 1. The Labute approximate surface area is 251 Å². The van der Waals surface area contributed by atoms with Gasteiger partial charge in [-0.15, -0.1) is 0 Å². The number of hydrogen-bond donors (Lipinski definition) is 1. The van der Waals surface area contributed by atoms with Crippen LogP contribution in [0.15, 0.2) is 42.5 Å². The third kappa shape index (κ3) is 8.04. The molecule has 2 heterocycles. The van der Waals surface area contributed by atoms with Gasteiger partial charge in [0.25, 0.3) is 0 Å². The smallest absolute Gasteiger partial charge is 0.142 e. The molecule has 8 nitrogen and oxygen atoms in total. The van der Waals surface area contributed by atoms with Gasteiger partial charge in [0.05, 0.1) is 45.3 Å². The van der Waals surface area contributed by atoms with Crippen molar-refractivity contribution in [2.24, 2.45) is 5.92 Å². The molecule has 0 amide bonds. The van der Waals surface area contributed by atoms with E-state index in [4.69, 9.17) is 28.4 Å². The maximum absolute atomic E-state index is 7.00. The molecule has 2 atom stereocenters. The summed E-state index contributed by atoms with van der Waals surface area (Å²) in [7, 11) is 3.45. The fourth-order valence-electron chi connectivity index (χ4n) is 6.50. The fraction of sp³-hybridized carbons (Fsp3) is 0.647. The van der Waals surface area contributed by atoms with Crippen molar-refractivity contribution in [1.82, 2.24) is 5.32 Å². The Morgan fingerprint density at radius 1 is 0.952 bits per heavy atom. The van der Waals surface area contributed by atoms with E-state index in [1.165, 1.54) is 31.2 Å². The molecule has 1 saturated heterocycles.